The molecule has 1 aliphatic heterocycles. The van der Waals surface area contributed by atoms with E-state index in [1.165, 1.54) is 12.1 Å². The van der Waals surface area contributed by atoms with Gasteiger partial charge in [-0.1, -0.05) is 53.7 Å². The van der Waals surface area contributed by atoms with Gasteiger partial charge < -0.3 is 14.7 Å². The quantitative estimate of drug-likeness (QED) is 0.470. The molecule has 0 amide bonds. The lowest BCUT2D eigenvalue weighted by atomic mass is 10.00. The van der Waals surface area contributed by atoms with Gasteiger partial charge in [0.2, 0.25) is 0 Å². The molecule has 7 heteroatoms. The predicted molar refractivity (Wildman–Crippen MR) is 127 cm³/mol. The molecule has 0 aliphatic carbocycles. The highest BCUT2D eigenvalue weighted by Gasteiger charge is 2.27. The molecule has 0 aromatic heterocycles. The minimum absolute atomic E-state index is 0.0862. The normalized spacial score (nSPS) is 16.3. The van der Waals surface area contributed by atoms with E-state index in [-0.39, 0.29) is 25.8 Å². The first-order valence-electron chi connectivity index (χ1n) is 11.3. The number of hydrogen-bond donors (Lipinski definition) is 1. The van der Waals surface area contributed by atoms with Crippen LogP contribution in [0.5, 0.6) is 5.75 Å². The fraction of sp³-hybridized carbons (Fsp3) is 0.296. The van der Waals surface area contributed by atoms with E-state index >= 15 is 0 Å². The van der Waals surface area contributed by atoms with Gasteiger partial charge in [-0.25, -0.2) is 8.78 Å². The van der Waals surface area contributed by atoms with Gasteiger partial charge >= 0.3 is 0 Å². The Labute approximate surface area is 198 Å². The van der Waals surface area contributed by atoms with Gasteiger partial charge in [-0.3, -0.25) is 4.90 Å². The number of rotatable bonds is 10. The van der Waals surface area contributed by atoms with Crippen molar-refractivity contribution in [3.8, 4) is 5.75 Å². The van der Waals surface area contributed by atoms with Gasteiger partial charge in [-0.15, -0.1) is 0 Å². The van der Waals surface area contributed by atoms with Crippen molar-refractivity contribution in [3.63, 3.8) is 0 Å². The van der Waals surface area contributed by atoms with Crippen molar-refractivity contribution in [1.82, 2.24) is 4.90 Å². The van der Waals surface area contributed by atoms with Crippen LogP contribution in [0.3, 0.4) is 0 Å². The summed E-state index contributed by atoms with van der Waals surface area (Å²) in [5.74, 6) is -0.586. The van der Waals surface area contributed by atoms with Crippen LogP contribution in [0.4, 0.5) is 8.78 Å². The van der Waals surface area contributed by atoms with Crippen molar-refractivity contribution in [2.75, 3.05) is 19.7 Å². The SMILES string of the molecule is Cc1ccccc1C1=NO[C@H](CN(Cc2ccc(F)cc2F)C[C@@H](O)COc2ccccc2)C1. The van der Waals surface area contributed by atoms with Crippen molar-refractivity contribution in [1.29, 1.82) is 0 Å². The maximum Gasteiger partial charge on any atom is 0.145 e. The van der Waals surface area contributed by atoms with Crippen molar-refractivity contribution in [2.24, 2.45) is 5.16 Å². The predicted octanol–water partition coefficient (Wildman–Crippen LogP) is 4.71. The summed E-state index contributed by atoms with van der Waals surface area (Å²) in [4.78, 5) is 7.57. The third kappa shape index (κ3) is 6.40. The van der Waals surface area contributed by atoms with Gasteiger partial charge in [0.1, 0.15) is 36.2 Å². The molecule has 4 rings (SSSR count). The number of aliphatic hydroxyl groups excluding tert-OH is 1. The smallest absolute Gasteiger partial charge is 0.145 e. The molecule has 0 fully saturated rings. The number of oxime groups is 1. The molecule has 34 heavy (non-hydrogen) atoms. The molecule has 1 heterocycles. The van der Waals surface area contributed by atoms with Gasteiger partial charge in [0.25, 0.3) is 0 Å². The van der Waals surface area contributed by atoms with E-state index in [9.17, 15) is 13.9 Å². The zero-order valence-corrected chi connectivity index (χ0v) is 19.0. The summed E-state index contributed by atoms with van der Waals surface area (Å²) in [7, 11) is 0. The van der Waals surface area contributed by atoms with Crippen LogP contribution >= 0.6 is 0 Å². The number of nitrogens with zero attached hydrogens (tertiary/aromatic N) is 2. The van der Waals surface area contributed by atoms with E-state index in [4.69, 9.17) is 9.57 Å². The zero-order chi connectivity index (χ0) is 23.9. The molecular formula is C27H28F2N2O3. The van der Waals surface area contributed by atoms with Crippen LogP contribution in [-0.2, 0) is 11.4 Å². The third-order valence-electron chi connectivity index (χ3n) is 5.71. The van der Waals surface area contributed by atoms with Crippen LogP contribution in [0.25, 0.3) is 0 Å². The number of hydrogen-bond acceptors (Lipinski definition) is 5. The molecule has 0 saturated carbocycles. The van der Waals surface area contributed by atoms with Crippen LogP contribution in [0, 0.1) is 18.6 Å². The number of aliphatic hydroxyl groups is 1. The van der Waals surface area contributed by atoms with Gasteiger partial charge in [0.05, 0.1) is 5.71 Å². The maximum absolute atomic E-state index is 14.4. The van der Waals surface area contributed by atoms with Gasteiger partial charge in [-0.05, 0) is 30.7 Å². The molecule has 0 bridgehead atoms. The number of para-hydroxylation sites is 1. The number of benzene rings is 3. The van der Waals surface area contributed by atoms with Crippen molar-refractivity contribution < 1.29 is 23.5 Å². The van der Waals surface area contributed by atoms with Gasteiger partial charge in [0.15, 0.2) is 0 Å². The topological polar surface area (TPSA) is 54.3 Å². The molecule has 0 saturated heterocycles. The molecular weight excluding hydrogens is 438 g/mol. The summed E-state index contributed by atoms with van der Waals surface area (Å²) in [6.45, 7) is 2.94. The average molecular weight is 467 g/mol. The van der Waals surface area contributed by atoms with Crippen LogP contribution in [0.1, 0.15) is 23.1 Å². The Hall–Kier alpha value is -3.29. The number of ether oxygens (including phenoxy) is 1. The summed E-state index contributed by atoms with van der Waals surface area (Å²) < 4.78 is 33.4. The molecule has 5 nitrogen and oxygen atoms in total. The van der Waals surface area contributed by atoms with Gasteiger partial charge in [0, 0.05) is 43.2 Å². The van der Waals surface area contributed by atoms with E-state index in [2.05, 4.69) is 5.16 Å². The van der Waals surface area contributed by atoms with Crippen LogP contribution < -0.4 is 4.74 Å². The minimum atomic E-state index is -0.818. The summed E-state index contributed by atoms with van der Waals surface area (Å²) >= 11 is 0. The third-order valence-corrected chi connectivity index (χ3v) is 5.71. The van der Waals surface area contributed by atoms with Crippen LogP contribution in [-0.4, -0.2) is 47.6 Å². The second-order valence-electron chi connectivity index (χ2n) is 8.49. The van der Waals surface area contributed by atoms with Crippen molar-refractivity contribution >= 4 is 5.71 Å². The molecule has 0 spiro atoms. The van der Waals surface area contributed by atoms with E-state index in [1.807, 2.05) is 66.4 Å². The molecule has 3 aromatic rings. The first-order valence-corrected chi connectivity index (χ1v) is 11.3. The second-order valence-corrected chi connectivity index (χ2v) is 8.49. The lowest BCUT2D eigenvalue weighted by Crippen LogP contribution is -2.40. The van der Waals surface area contributed by atoms with E-state index in [0.29, 0.717) is 24.3 Å². The molecule has 1 aliphatic rings. The van der Waals surface area contributed by atoms with E-state index < -0.39 is 17.7 Å². The first-order chi connectivity index (χ1) is 16.5. The molecule has 0 unspecified atom stereocenters. The highest BCUT2D eigenvalue weighted by Crippen LogP contribution is 2.21. The fourth-order valence-electron chi connectivity index (χ4n) is 4.02. The summed E-state index contributed by atoms with van der Waals surface area (Å²) in [6.07, 6.45) is -0.466. The highest BCUT2D eigenvalue weighted by atomic mass is 19.1. The molecule has 0 radical (unpaired) electrons. The first kappa shape index (κ1) is 23.9. The maximum atomic E-state index is 14.4. The van der Waals surface area contributed by atoms with Crippen LogP contribution in [0.15, 0.2) is 78.0 Å². The lowest BCUT2D eigenvalue weighted by Gasteiger charge is -2.27. The van der Waals surface area contributed by atoms with Gasteiger partial charge in [-0.2, -0.15) is 0 Å². The Balaban J connectivity index is 1.41. The van der Waals surface area contributed by atoms with Crippen molar-refractivity contribution in [2.45, 2.75) is 32.1 Å². The lowest BCUT2D eigenvalue weighted by molar-refractivity contribution is 0.0209. The average Bonchev–Trinajstić information content (AvgIpc) is 3.28. The van der Waals surface area contributed by atoms with E-state index in [1.54, 1.807) is 0 Å². The Kier molecular flexibility index (Phi) is 7.87. The molecule has 2 atom stereocenters. The number of halogens is 2. The summed E-state index contributed by atoms with van der Waals surface area (Å²) in [5.41, 5.74) is 3.36. The zero-order valence-electron chi connectivity index (χ0n) is 19.0. The van der Waals surface area contributed by atoms with Crippen LogP contribution in [0.2, 0.25) is 0 Å². The Morgan fingerprint density at radius 1 is 1.09 bits per heavy atom. The minimum Gasteiger partial charge on any atom is -0.491 e. The number of aryl methyl sites for hydroxylation is 1. The fourth-order valence-corrected chi connectivity index (χ4v) is 4.02. The monoisotopic (exact) mass is 466 g/mol. The Morgan fingerprint density at radius 3 is 2.62 bits per heavy atom. The Morgan fingerprint density at radius 2 is 1.85 bits per heavy atom. The van der Waals surface area contributed by atoms with E-state index in [0.717, 1.165) is 22.9 Å². The molecule has 3 aromatic carbocycles. The summed E-state index contributed by atoms with van der Waals surface area (Å²) in [5, 5.41) is 14.9. The Bertz CT molecular complexity index is 1120. The summed E-state index contributed by atoms with van der Waals surface area (Å²) in [6, 6.07) is 20.7. The second kappa shape index (κ2) is 11.2. The van der Waals surface area contributed by atoms with Crippen molar-refractivity contribution in [3.05, 3.63) is 101 Å². The molecule has 1 N–H and O–H groups in total. The standard InChI is InChI=1S/C27H28F2N2O3/c1-19-7-5-6-10-25(19)27-14-24(34-30-27)17-31(15-20-11-12-21(28)13-26(20)29)16-22(32)18-33-23-8-3-2-4-9-23/h2-13,22,24,32H,14-18H2,1H3/t22-,24+/m1/s1. The highest BCUT2D eigenvalue weighted by molar-refractivity contribution is 6.02. The molecule has 178 valence electrons. The largest absolute Gasteiger partial charge is 0.491 e.